The number of likely N-dealkylation sites (N-methyl/N-ethyl adjacent to an activating group) is 1. The van der Waals surface area contributed by atoms with Crippen molar-refractivity contribution in [1.29, 1.82) is 0 Å². The highest BCUT2D eigenvalue weighted by molar-refractivity contribution is 5.70. The summed E-state index contributed by atoms with van der Waals surface area (Å²) in [5, 5.41) is 3.15. The van der Waals surface area contributed by atoms with Crippen LogP contribution in [0.4, 0.5) is 0 Å². The van der Waals surface area contributed by atoms with E-state index in [0.717, 1.165) is 24.5 Å². The third kappa shape index (κ3) is 2.71. The van der Waals surface area contributed by atoms with Crippen LogP contribution >= 0.6 is 0 Å². The Labute approximate surface area is 115 Å². The van der Waals surface area contributed by atoms with Crippen LogP contribution in [0.15, 0.2) is 12.3 Å². The number of benzene rings is 1. The first kappa shape index (κ1) is 13.8. The van der Waals surface area contributed by atoms with Gasteiger partial charge in [0.2, 0.25) is 0 Å². The average Bonchev–Trinajstić information content (AvgIpc) is 2.83. The van der Waals surface area contributed by atoms with Crippen molar-refractivity contribution >= 4 is 0 Å². The monoisotopic (exact) mass is 257 g/mol. The molecule has 0 aliphatic carbocycles. The van der Waals surface area contributed by atoms with E-state index in [0.29, 0.717) is 0 Å². The van der Waals surface area contributed by atoms with Crippen LogP contribution in [0, 0.1) is 27.7 Å². The molecule has 0 aliphatic heterocycles. The molecule has 0 radical (unpaired) electrons. The average molecular weight is 257 g/mol. The number of aromatic nitrogens is 2. The molecular weight excluding hydrogens is 234 g/mol. The molecule has 0 spiro atoms. The fourth-order valence-corrected chi connectivity index (χ4v) is 2.48. The van der Waals surface area contributed by atoms with E-state index in [1.54, 1.807) is 0 Å². The van der Waals surface area contributed by atoms with Gasteiger partial charge in [-0.15, -0.1) is 0 Å². The molecule has 19 heavy (non-hydrogen) atoms. The van der Waals surface area contributed by atoms with Crippen molar-refractivity contribution in [2.75, 3.05) is 13.6 Å². The Morgan fingerprint density at radius 1 is 1.11 bits per heavy atom. The third-order valence-electron chi connectivity index (χ3n) is 3.88. The number of hydrogen-bond donors (Lipinski definition) is 2. The maximum absolute atomic E-state index is 4.48. The quantitative estimate of drug-likeness (QED) is 0.883. The van der Waals surface area contributed by atoms with Crippen LogP contribution in [-0.4, -0.2) is 23.6 Å². The lowest BCUT2D eigenvalue weighted by atomic mass is 9.93. The zero-order valence-corrected chi connectivity index (χ0v) is 12.5. The first-order valence-electron chi connectivity index (χ1n) is 6.80. The van der Waals surface area contributed by atoms with Gasteiger partial charge in [-0.05, 0) is 57.0 Å². The SMILES string of the molecule is CNCCc1ncc(-c2c(C)c(C)cc(C)c2C)[nH]1. The number of aryl methyl sites for hydroxylation is 2. The number of nitrogens with one attached hydrogen (secondary N) is 2. The van der Waals surface area contributed by atoms with Gasteiger partial charge < -0.3 is 10.3 Å². The molecule has 1 heterocycles. The molecule has 0 saturated carbocycles. The number of rotatable bonds is 4. The summed E-state index contributed by atoms with van der Waals surface area (Å²) in [6, 6.07) is 2.26. The Balaban J connectivity index is 2.44. The Morgan fingerprint density at radius 2 is 1.74 bits per heavy atom. The fraction of sp³-hybridized carbons (Fsp3) is 0.438. The van der Waals surface area contributed by atoms with Gasteiger partial charge in [0.1, 0.15) is 5.82 Å². The minimum Gasteiger partial charge on any atom is -0.342 e. The number of hydrogen-bond acceptors (Lipinski definition) is 2. The summed E-state index contributed by atoms with van der Waals surface area (Å²) >= 11 is 0. The first-order valence-corrected chi connectivity index (χ1v) is 6.80. The summed E-state index contributed by atoms with van der Waals surface area (Å²) in [6.07, 6.45) is 2.89. The van der Waals surface area contributed by atoms with E-state index in [1.165, 1.54) is 27.8 Å². The number of imidazole rings is 1. The van der Waals surface area contributed by atoms with E-state index in [9.17, 15) is 0 Å². The van der Waals surface area contributed by atoms with Gasteiger partial charge in [0.15, 0.2) is 0 Å². The molecule has 3 nitrogen and oxygen atoms in total. The molecule has 0 amide bonds. The van der Waals surface area contributed by atoms with Crippen molar-refractivity contribution in [2.24, 2.45) is 0 Å². The van der Waals surface area contributed by atoms with Crippen molar-refractivity contribution in [2.45, 2.75) is 34.1 Å². The smallest absolute Gasteiger partial charge is 0.107 e. The second-order valence-corrected chi connectivity index (χ2v) is 5.23. The van der Waals surface area contributed by atoms with Gasteiger partial charge in [0.05, 0.1) is 11.9 Å². The lowest BCUT2D eigenvalue weighted by molar-refractivity contribution is 0.764. The van der Waals surface area contributed by atoms with Crippen molar-refractivity contribution in [3.8, 4) is 11.3 Å². The Kier molecular flexibility index (Phi) is 4.05. The van der Waals surface area contributed by atoms with Crippen LogP contribution < -0.4 is 5.32 Å². The highest BCUT2D eigenvalue weighted by atomic mass is 14.9. The van der Waals surface area contributed by atoms with E-state index >= 15 is 0 Å². The molecule has 2 rings (SSSR count). The van der Waals surface area contributed by atoms with E-state index in [1.807, 2.05) is 13.2 Å². The second kappa shape index (κ2) is 5.57. The maximum atomic E-state index is 4.48. The van der Waals surface area contributed by atoms with Crippen LogP contribution in [0.25, 0.3) is 11.3 Å². The highest BCUT2D eigenvalue weighted by Crippen LogP contribution is 2.30. The van der Waals surface area contributed by atoms with Gasteiger partial charge in [-0.3, -0.25) is 0 Å². The summed E-state index contributed by atoms with van der Waals surface area (Å²) in [5.74, 6) is 1.04. The number of aromatic amines is 1. The molecule has 2 aromatic rings. The summed E-state index contributed by atoms with van der Waals surface area (Å²) in [7, 11) is 1.96. The molecule has 3 heteroatoms. The predicted molar refractivity (Wildman–Crippen MR) is 80.6 cm³/mol. The highest BCUT2D eigenvalue weighted by Gasteiger charge is 2.12. The normalized spacial score (nSPS) is 11.0. The van der Waals surface area contributed by atoms with Crippen molar-refractivity contribution in [3.05, 3.63) is 40.3 Å². The molecule has 0 atom stereocenters. The van der Waals surface area contributed by atoms with Gasteiger partial charge >= 0.3 is 0 Å². The van der Waals surface area contributed by atoms with Gasteiger partial charge in [-0.2, -0.15) is 0 Å². The van der Waals surface area contributed by atoms with Crippen molar-refractivity contribution in [3.63, 3.8) is 0 Å². The maximum Gasteiger partial charge on any atom is 0.107 e. The molecule has 0 bridgehead atoms. The van der Waals surface area contributed by atoms with Crippen molar-refractivity contribution < 1.29 is 0 Å². The summed E-state index contributed by atoms with van der Waals surface area (Å²) < 4.78 is 0. The molecule has 1 aromatic heterocycles. The number of H-pyrrole nitrogens is 1. The Morgan fingerprint density at radius 3 is 2.32 bits per heavy atom. The standard InChI is InChI=1S/C16H23N3/c1-10-8-11(2)13(4)16(12(10)3)14-9-18-15(19-14)6-7-17-5/h8-9,17H,6-7H2,1-5H3,(H,18,19). The Bertz CT molecular complexity index is 556. The van der Waals surface area contributed by atoms with Gasteiger partial charge in [-0.1, -0.05) is 6.07 Å². The van der Waals surface area contributed by atoms with Gasteiger partial charge in [-0.25, -0.2) is 4.98 Å². The van der Waals surface area contributed by atoms with Crippen LogP contribution in [0.2, 0.25) is 0 Å². The van der Waals surface area contributed by atoms with Gasteiger partial charge in [0, 0.05) is 18.5 Å². The summed E-state index contributed by atoms with van der Waals surface area (Å²) in [6.45, 7) is 9.65. The lowest BCUT2D eigenvalue weighted by Gasteiger charge is -2.13. The first-order chi connectivity index (χ1) is 9.04. The van der Waals surface area contributed by atoms with Crippen LogP contribution in [0.1, 0.15) is 28.1 Å². The van der Waals surface area contributed by atoms with E-state index in [2.05, 4.69) is 49.0 Å². The van der Waals surface area contributed by atoms with E-state index in [4.69, 9.17) is 0 Å². The minimum atomic E-state index is 0.930. The molecule has 0 fully saturated rings. The molecule has 102 valence electrons. The van der Waals surface area contributed by atoms with E-state index in [-0.39, 0.29) is 0 Å². The minimum absolute atomic E-state index is 0.930. The summed E-state index contributed by atoms with van der Waals surface area (Å²) in [4.78, 5) is 7.93. The van der Waals surface area contributed by atoms with Crippen LogP contribution in [0.5, 0.6) is 0 Å². The zero-order valence-electron chi connectivity index (χ0n) is 12.5. The molecule has 2 N–H and O–H groups in total. The van der Waals surface area contributed by atoms with Crippen LogP contribution in [0.3, 0.4) is 0 Å². The third-order valence-corrected chi connectivity index (χ3v) is 3.88. The second-order valence-electron chi connectivity index (χ2n) is 5.23. The largest absolute Gasteiger partial charge is 0.342 e. The molecule has 0 aliphatic rings. The zero-order chi connectivity index (χ0) is 14.0. The fourth-order valence-electron chi connectivity index (χ4n) is 2.48. The van der Waals surface area contributed by atoms with Gasteiger partial charge in [0.25, 0.3) is 0 Å². The summed E-state index contributed by atoms with van der Waals surface area (Å²) in [5.41, 5.74) is 7.79. The molecule has 0 unspecified atom stereocenters. The Hall–Kier alpha value is -1.61. The van der Waals surface area contributed by atoms with E-state index < -0.39 is 0 Å². The molecule has 0 saturated heterocycles. The topological polar surface area (TPSA) is 40.7 Å². The lowest BCUT2D eigenvalue weighted by Crippen LogP contribution is -2.11. The number of nitrogens with zero attached hydrogens (tertiary/aromatic N) is 1. The molecule has 1 aromatic carbocycles. The predicted octanol–water partition coefficient (Wildman–Crippen LogP) is 3.07. The van der Waals surface area contributed by atoms with Crippen molar-refractivity contribution in [1.82, 2.24) is 15.3 Å². The molecular formula is C16H23N3. The van der Waals surface area contributed by atoms with Crippen LogP contribution in [-0.2, 0) is 6.42 Å².